The minimum absolute atomic E-state index is 0.147. The lowest BCUT2D eigenvalue weighted by Crippen LogP contribution is -2.59. The largest absolute Gasteiger partial charge is 0.481 e. The van der Waals surface area contributed by atoms with E-state index in [0.29, 0.717) is 25.8 Å². The molecule has 0 rings (SSSR count). The fourth-order valence-electron chi connectivity index (χ4n) is 2.99. The minimum atomic E-state index is -1.45. The number of hydrogen-bond acceptors (Lipinski definition) is 8. The highest BCUT2D eigenvalue weighted by molar-refractivity contribution is 5.94. The fourth-order valence-corrected chi connectivity index (χ4v) is 2.99. The van der Waals surface area contributed by atoms with E-state index in [9.17, 15) is 34.2 Å². The Bertz CT molecular complexity index is 703. The van der Waals surface area contributed by atoms with E-state index in [1.54, 1.807) is 13.8 Å². The number of nitrogens with two attached hydrogens (primary N) is 2. The van der Waals surface area contributed by atoms with Gasteiger partial charge >= 0.3 is 11.9 Å². The van der Waals surface area contributed by atoms with Gasteiger partial charge in [-0.15, -0.1) is 0 Å². The summed E-state index contributed by atoms with van der Waals surface area (Å²) in [5.74, 6) is -5.17. The zero-order valence-corrected chi connectivity index (χ0v) is 20.0. The average Bonchev–Trinajstić information content (AvgIpc) is 2.77. The molecule has 0 saturated carbocycles. The van der Waals surface area contributed by atoms with Crippen molar-refractivity contribution in [1.29, 1.82) is 0 Å². The van der Waals surface area contributed by atoms with Gasteiger partial charge in [0.25, 0.3) is 0 Å². The number of hydrogen-bond donors (Lipinski definition) is 8. The average molecular weight is 490 g/mol. The number of aliphatic hydroxyl groups is 1. The van der Waals surface area contributed by atoms with Gasteiger partial charge in [0.15, 0.2) is 0 Å². The highest BCUT2D eigenvalue weighted by Crippen LogP contribution is 2.11. The highest BCUT2D eigenvalue weighted by atomic mass is 16.4. The summed E-state index contributed by atoms with van der Waals surface area (Å²) < 4.78 is 0. The maximum Gasteiger partial charge on any atom is 0.326 e. The SMILES string of the molecule is CCC(C)C(NC(=O)C(N)C(C)O)C(=O)NC(CCCCN)C(=O)NC(CCC(=O)O)C(=O)O. The molecule has 0 aliphatic carbocycles. The Hall–Kier alpha value is -2.77. The Kier molecular flexibility index (Phi) is 14.7. The third-order valence-corrected chi connectivity index (χ3v) is 5.46. The number of aliphatic carboxylic acids is 2. The quantitative estimate of drug-likeness (QED) is 0.107. The number of amides is 3. The zero-order valence-electron chi connectivity index (χ0n) is 20.0. The molecule has 0 aromatic heterocycles. The molecule has 0 bridgehead atoms. The first-order valence-electron chi connectivity index (χ1n) is 11.3. The molecule has 0 aliphatic rings. The Balaban J connectivity index is 5.58. The van der Waals surface area contributed by atoms with E-state index in [0.717, 1.165) is 0 Å². The van der Waals surface area contributed by atoms with E-state index in [4.69, 9.17) is 16.6 Å². The molecule has 0 aliphatic heterocycles. The van der Waals surface area contributed by atoms with Gasteiger partial charge in [-0.05, 0) is 45.1 Å². The van der Waals surface area contributed by atoms with Gasteiger partial charge in [-0.2, -0.15) is 0 Å². The molecule has 0 heterocycles. The second kappa shape index (κ2) is 16.0. The van der Waals surface area contributed by atoms with E-state index in [2.05, 4.69) is 16.0 Å². The molecule has 196 valence electrons. The van der Waals surface area contributed by atoms with Crippen LogP contribution in [0.4, 0.5) is 0 Å². The van der Waals surface area contributed by atoms with Crippen LogP contribution in [0.2, 0.25) is 0 Å². The van der Waals surface area contributed by atoms with Crippen LogP contribution in [-0.2, 0) is 24.0 Å². The molecule has 13 heteroatoms. The fraction of sp³-hybridized carbons (Fsp3) is 0.762. The molecule has 0 spiro atoms. The number of aliphatic hydroxyl groups excluding tert-OH is 1. The normalized spacial score (nSPS) is 16.3. The van der Waals surface area contributed by atoms with E-state index >= 15 is 0 Å². The Morgan fingerprint density at radius 2 is 1.44 bits per heavy atom. The van der Waals surface area contributed by atoms with Crippen molar-refractivity contribution in [3.05, 3.63) is 0 Å². The topological polar surface area (TPSA) is 234 Å². The summed E-state index contributed by atoms with van der Waals surface area (Å²) in [6.45, 7) is 5.20. The highest BCUT2D eigenvalue weighted by Gasteiger charge is 2.33. The lowest BCUT2D eigenvalue weighted by molar-refractivity contribution is -0.143. The maximum absolute atomic E-state index is 13.0. The van der Waals surface area contributed by atoms with Crippen LogP contribution in [0.1, 0.15) is 59.3 Å². The molecular weight excluding hydrogens is 450 g/mol. The Morgan fingerprint density at radius 3 is 1.91 bits per heavy atom. The number of carboxylic acids is 2. The summed E-state index contributed by atoms with van der Waals surface area (Å²) in [5.41, 5.74) is 11.1. The predicted molar refractivity (Wildman–Crippen MR) is 122 cm³/mol. The van der Waals surface area contributed by atoms with E-state index < -0.39 is 66.4 Å². The predicted octanol–water partition coefficient (Wildman–Crippen LogP) is -1.73. The van der Waals surface area contributed by atoms with Gasteiger partial charge in [-0.3, -0.25) is 19.2 Å². The molecule has 10 N–H and O–H groups in total. The van der Waals surface area contributed by atoms with Crippen molar-refractivity contribution in [2.45, 2.75) is 89.6 Å². The van der Waals surface area contributed by atoms with Crippen molar-refractivity contribution in [3.63, 3.8) is 0 Å². The standard InChI is InChI=1S/C21H39N5O8/c1-4-11(2)17(26-19(31)16(23)12(3)27)20(32)24-13(7-5-6-10-22)18(30)25-14(21(33)34)8-9-15(28)29/h11-14,16-17,27H,4-10,22-23H2,1-3H3,(H,24,32)(H,25,30)(H,26,31)(H,28,29)(H,33,34). The zero-order chi connectivity index (χ0) is 26.4. The summed E-state index contributed by atoms with van der Waals surface area (Å²) >= 11 is 0. The molecule has 6 unspecified atom stereocenters. The van der Waals surface area contributed by atoms with Crippen molar-refractivity contribution < 1.29 is 39.3 Å². The number of nitrogens with one attached hydrogen (secondary N) is 3. The molecule has 34 heavy (non-hydrogen) atoms. The minimum Gasteiger partial charge on any atom is -0.481 e. The van der Waals surface area contributed by atoms with Gasteiger partial charge in [-0.1, -0.05) is 20.3 Å². The third kappa shape index (κ3) is 11.4. The summed E-state index contributed by atoms with van der Waals surface area (Å²) in [6.07, 6.45) is -0.286. The Labute approximate surface area is 199 Å². The second-order valence-corrected chi connectivity index (χ2v) is 8.32. The summed E-state index contributed by atoms with van der Waals surface area (Å²) in [4.78, 5) is 60.4. The molecule has 0 saturated heterocycles. The molecule has 0 aromatic rings. The molecule has 0 fully saturated rings. The van der Waals surface area contributed by atoms with Crippen molar-refractivity contribution in [2.24, 2.45) is 17.4 Å². The van der Waals surface area contributed by atoms with E-state index in [1.165, 1.54) is 6.92 Å². The van der Waals surface area contributed by atoms with Crippen molar-refractivity contribution in [2.75, 3.05) is 6.54 Å². The van der Waals surface area contributed by atoms with Crippen LogP contribution < -0.4 is 27.4 Å². The van der Waals surface area contributed by atoms with Gasteiger partial charge in [-0.25, -0.2) is 4.79 Å². The number of carbonyl (C=O) groups excluding carboxylic acids is 3. The molecular formula is C21H39N5O8. The number of carboxylic acid groups (broad SMARTS) is 2. The summed E-state index contributed by atoms with van der Waals surface area (Å²) in [7, 11) is 0. The number of rotatable bonds is 17. The van der Waals surface area contributed by atoms with E-state index in [-0.39, 0.29) is 18.8 Å². The van der Waals surface area contributed by atoms with Crippen LogP contribution in [0.25, 0.3) is 0 Å². The first kappa shape index (κ1) is 31.2. The number of unbranched alkanes of at least 4 members (excludes halogenated alkanes) is 1. The van der Waals surface area contributed by atoms with Crippen LogP contribution in [0.15, 0.2) is 0 Å². The monoisotopic (exact) mass is 489 g/mol. The van der Waals surface area contributed by atoms with Crippen LogP contribution >= 0.6 is 0 Å². The van der Waals surface area contributed by atoms with Crippen molar-refractivity contribution in [3.8, 4) is 0 Å². The maximum atomic E-state index is 13.0. The van der Waals surface area contributed by atoms with Gasteiger partial charge in [0.1, 0.15) is 24.2 Å². The van der Waals surface area contributed by atoms with E-state index in [1.807, 2.05) is 0 Å². The molecule has 3 amide bonds. The summed E-state index contributed by atoms with van der Waals surface area (Å²) in [6, 6.07) is -4.91. The molecule has 0 aromatic carbocycles. The van der Waals surface area contributed by atoms with Crippen molar-refractivity contribution in [1.82, 2.24) is 16.0 Å². The van der Waals surface area contributed by atoms with Gasteiger partial charge in [0.2, 0.25) is 17.7 Å². The first-order chi connectivity index (χ1) is 15.8. The lowest BCUT2D eigenvalue weighted by atomic mass is 9.96. The van der Waals surface area contributed by atoms with Crippen LogP contribution in [0, 0.1) is 5.92 Å². The van der Waals surface area contributed by atoms with Crippen LogP contribution in [0.5, 0.6) is 0 Å². The first-order valence-corrected chi connectivity index (χ1v) is 11.3. The molecule has 13 nitrogen and oxygen atoms in total. The molecule has 6 atom stereocenters. The van der Waals surface area contributed by atoms with Gasteiger partial charge < -0.3 is 42.7 Å². The van der Waals surface area contributed by atoms with Crippen LogP contribution in [0.3, 0.4) is 0 Å². The second-order valence-electron chi connectivity index (χ2n) is 8.32. The van der Waals surface area contributed by atoms with Crippen molar-refractivity contribution >= 4 is 29.7 Å². The smallest absolute Gasteiger partial charge is 0.326 e. The third-order valence-electron chi connectivity index (χ3n) is 5.46. The molecule has 0 radical (unpaired) electrons. The van der Waals surface area contributed by atoms with Crippen LogP contribution in [-0.4, -0.2) is 81.8 Å². The van der Waals surface area contributed by atoms with Gasteiger partial charge in [0.05, 0.1) is 6.10 Å². The van der Waals surface area contributed by atoms with Gasteiger partial charge in [0, 0.05) is 6.42 Å². The number of carbonyl (C=O) groups is 5. The summed E-state index contributed by atoms with van der Waals surface area (Å²) in [5, 5.41) is 35.0. The lowest BCUT2D eigenvalue weighted by Gasteiger charge is -2.28. The Morgan fingerprint density at radius 1 is 0.853 bits per heavy atom.